The maximum atomic E-state index is 12.4. The van der Waals surface area contributed by atoms with Crippen LogP contribution in [0.1, 0.15) is 25.3 Å². The second kappa shape index (κ2) is 8.06. The van der Waals surface area contributed by atoms with E-state index in [1.54, 1.807) is 20.3 Å². The molecular weight excluding hydrogens is 382 g/mol. The van der Waals surface area contributed by atoms with E-state index >= 15 is 0 Å². The van der Waals surface area contributed by atoms with Crippen LogP contribution in [-0.2, 0) is 11.2 Å². The Hall–Kier alpha value is -1.21. The first-order chi connectivity index (χ1) is 11.0. The highest BCUT2D eigenvalue weighted by Crippen LogP contribution is 2.37. The van der Waals surface area contributed by atoms with Crippen molar-refractivity contribution < 1.29 is 19.1 Å². The Balaban J connectivity index is 2.18. The highest BCUT2D eigenvalue weighted by molar-refractivity contribution is 9.10. The Morgan fingerprint density at radius 1 is 1.22 bits per heavy atom. The summed E-state index contributed by atoms with van der Waals surface area (Å²) >= 11 is 4.54. The van der Waals surface area contributed by atoms with E-state index in [-0.39, 0.29) is 11.1 Å². The third kappa shape index (κ3) is 4.01. The number of rotatable bonds is 7. The van der Waals surface area contributed by atoms with Crippen LogP contribution in [0.4, 0.5) is 4.79 Å². The molecule has 0 N–H and O–H groups in total. The number of carbonyl (C=O) groups excluding carboxylic acids is 2. The van der Waals surface area contributed by atoms with Crippen molar-refractivity contribution in [3.05, 3.63) is 22.2 Å². The van der Waals surface area contributed by atoms with Crippen LogP contribution < -0.4 is 9.47 Å². The lowest BCUT2D eigenvalue weighted by atomic mass is 10.1. The van der Waals surface area contributed by atoms with Crippen molar-refractivity contribution in [2.24, 2.45) is 0 Å². The van der Waals surface area contributed by atoms with Crippen LogP contribution in [0.2, 0.25) is 0 Å². The predicted molar refractivity (Wildman–Crippen MR) is 94.3 cm³/mol. The van der Waals surface area contributed by atoms with Gasteiger partial charge in [0.2, 0.25) is 5.91 Å². The minimum atomic E-state index is -0.395. The quantitative estimate of drug-likeness (QED) is 0.693. The first kappa shape index (κ1) is 18.1. The molecule has 0 saturated carbocycles. The molecule has 0 aromatic heterocycles. The first-order valence-corrected chi connectivity index (χ1v) is 9.11. The van der Waals surface area contributed by atoms with Gasteiger partial charge in [-0.2, -0.15) is 0 Å². The number of ether oxygens (including phenoxy) is 2. The molecule has 1 aliphatic rings. The fraction of sp³-hybridized carbons (Fsp3) is 0.500. The Labute approximate surface area is 148 Å². The summed E-state index contributed by atoms with van der Waals surface area (Å²) in [7, 11) is 3.16. The summed E-state index contributed by atoms with van der Waals surface area (Å²) in [6, 6.07) is 3.66. The molecule has 1 aromatic rings. The smallest absolute Gasteiger partial charge is 0.289 e. The molecule has 0 bridgehead atoms. The van der Waals surface area contributed by atoms with Crippen LogP contribution in [-0.4, -0.2) is 42.1 Å². The molecule has 7 heteroatoms. The zero-order chi connectivity index (χ0) is 17.0. The lowest BCUT2D eigenvalue weighted by molar-refractivity contribution is -0.126. The lowest BCUT2D eigenvalue weighted by Gasteiger charge is -2.15. The lowest BCUT2D eigenvalue weighted by Crippen LogP contribution is -2.33. The fourth-order valence-electron chi connectivity index (χ4n) is 2.43. The molecule has 126 valence electrons. The zero-order valence-electron chi connectivity index (χ0n) is 13.4. The van der Waals surface area contributed by atoms with Crippen LogP contribution in [0.3, 0.4) is 0 Å². The molecule has 1 atom stereocenters. The van der Waals surface area contributed by atoms with Gasteiger partial charge in [-0.3, -0.25) is 14.5 Å². The van der Waals surface area contributed by atoms with Gasteiger partial charge in [0.05, 0.1) is 23.9 Å². The molecule has 0 unspecified atom stereocenters. The van der Waals surface area contributed by atoms with Crippen LogP contribution in [0, 0.1) is 0 Å². The number of hydrogen-bond acceptors (Lipinski definition) is 5. The van der Waals surface area contributed by atoms with E-state index in [1.807, 2.05) is 13.0 Å². The summed E-state index contributed by atoms with van der Waals surface area (Å²) in [6.45, 7) is 2.54. The van der Waals surface area contributed by atoms with E-state index in [9.17, 15) is 9.59 Å². The van der Waals surface area contributed by atoms with E-state index in [4.69, 9.17) is 9.47 Å². The van der Waals surface area contributed by atoms with Gasteiger partial charge in [0.15, 0.2) is 0 Å². The molecule has 1 aromatic carbocycles. The number of benzene rings is 1. The molecule has 0 radical (unpaired) electrons. The van der Waals surface area contributed by atoms with Gasteiger partial charge >= 0.3 is 0 Å². The van der Waals surface area contributed by atoms with Crippen molar-refractivity contribution in [2.45, 2.75) is 31.4 Å². The monoisotopic (exact) mass is 401 g/mol. The summed E-state index contributed by atoms with van der Waals surface area (Å²) in [5, 5.41) is -0.548. The maximum absolute atomic E-state index is 12.4. The van der Waals surface area contributed by atoms with Crippen molar-refractivity contribution in [3.63, 3.8) is 0 Å². The topological polar surface area (TPSA) is 55.8 Å². The van der Waals surface area contributed by atoms with Gasteiger partial charge in [0.1, 0.15) is 11.5 Å². The summed E-state index contributed by atoms with van der Waals surface area (Å²) < 4.78 is 11.4. The molecule has 0 aliphatic carbocycles. The van der Waals surface area contributed by atoms with Gasteiger partial charge < -0.3 is 9.47 Å². The average molecular weight is 402 g/mol. The number of carbonyl (C=O) groups is 2. The summed E-state index contributed by atoms with van der Waals surface area (Å²) in [5.74, 6) is 1.21. The molecule has 1 saturated heterocycles. The molecule has 0 spiro atoms. The summed E-state index contributed by atoms with van der Waals surface area (Å²) in [5.41, 5.74) is 0.871. The minimum Gasteiger partial charge on any atom is -0.496 e. The molecule has 1 heterocycles. The Morgan fingerprint density at radius 2 is 1.91 bits per heavy atom. The van der Waals surface area contributed by atoms with Crippen LogP contribution >= 0.6 is 27.7 Å². The second-order valence-corrected chi connectivity index (χ2v) is 7.23. The number of nitrogens with zero attached hydrogens (tertiary/aromatic N) is 1. The van der Waals surface area contributed by atoms with Crippen molar-refractivity contribution in [3.8, 4) is 11.5 Å². The van der Waals surface area contributed by atoms with Crippen LogP contribution in [0.5, 0.6) is 11.5 Å². The number of imide groups is 1. The number of hydrogen-bond donors (Lipinski definition) is 0. The highest BCUT2D eigenvalue weighted by atomic mass is 79.9. The minimum absolute atomic E-state index is 0.109. The standard InChI is InChI=1S/C16H20BrNO4S/c1-4-5-6-18-15(19)14(23-16(18)20)8-10-7-11(17)13(22-3)9-12(10)21-2/h7,9,14H,4-6,8H2,1-3H3/t14-/m1/s1. The van der Waals surface area contributed by atoms with Gasteiger partial charge in [0.25, 0.3) is 5.24 Å². The van der Waals surface area contributed by atoms with Gasteiger partial charge in [-0.15, -0.1) is 0 Å². The fourth-order valence-corrected chi connectivity index (χ4v) is 4.02. The molecule has 2 amide bonds. The number of unbranched alkanes of at least 4 members (excludes halogenated alkanes) is 1. The van der Waals surface area contributed by atoms with Crippen molar-refractivity contribution >= 4 is 38.8 Å². The molecule has 1 aliphatic heterocycles. The third-order valence-electron chi connectivity index (χ3n) is 3.70. The molecule has 23 heavy (non-hydrogen) atoms. The Kier molecular flexibility index (Phi) is 6.35. The second-order valence-electron chi connectivity index (χ2n) is 5.22. The number of halogens is 1. The summed E-state index contributed by atoms with van der Waals surface area (Å²) in [6.07, 6.45) is 2.23. The molecular formula is C16H20BrNO4S. The average Bonchev–Trinajstić information content (AvgIpc) is 2.79. The highest BCUT2D eigenvalue weighted by Gasteiger charge is 2.39. The van der Waals surface area contributed by atoms with Crippen molar-refractivity contribution in [1.29, 1.82) is 0 Å². The van der Waals surface area contributed by atoms with Gasteiger partial charge in [-0.1, -0.05) is 25.1 Å². The Morgan fingerprint density at radius 3 is 2.52 bits per heavy atom. The molecule has 5 nitrogen and oxygen atoms in total. The molecule has 2 rings (SSSR count). The summed E-state index contributed by atoms with van der Waals surface area (Å²) in [4.78, 5) is 25.8. The largest absolute Gasteiger partial charge is 0.496 e. The normalized spacial score (nSPS) is 17.7. The van der Waals surface area contributed by atoms with E-state index in [1.165, 1.54) is 4.90 Å². The van der Waals surface area contributed by atoms with E-state index in [2.05, 4.69) is 15.9 Å². The predicted octanol–water partition coefficient (Wildman–Crippen LogP) is 3.87. The van der Waals surface area contributed by atoms with E-state index in [0.29, 0.717) is 24.5 Å². The molecule has 1 fully saturated rings. The third-order valence-corrected chi connectivity index (χ3v) is 5.39. The van der Waals surface area contributed by atoms with Crippen molar-refractivity contribution in [2.75, 3.05) is 20.8 Å². The van der Waals surface area contributed by atoms with Gasteiger partial charge in [-0.25, -0.2) is 0 Å². The maximum Gasteiger partial charge on any atom is 0.289 e. The SMILES string of the molecule is CCCCN1C(=O)S[C@H](Cc2cc(Br)c(OC)cc2OC)C1=O. The van der Waals surface area contributed by atoms with Crippen molar-refractivity contribution in [1.82, 2.24) is 4.90 Å². The number of amides is 2. The van der Waals surface area contributed by atoms with Crippen LogP contribution in [0.15, 0.2) is 16.6 Å². The van der Waals surface area contributed by atoms with E-state index in [0.717, 1.165) is 34.6 Å². The zero-order valence-corrected chi connectivity index (χ0v) is 15.8. The number of methoxy groups -OCH3 is 2. The Bertz CT molecular complexity index is 608. The van der Waals surface area contributed by atoms with Gasteiger partial charge in [0, 0.05) is 12.6 Å². The van der Waals surface area contributed by atoms with Gasteiger partial charge in [-0.05, 0) is 40.4 Å². The van der Waals surface area contributed by atoms with Crippen LogP contribution in [0.25, 0.3) is 0 Å². The number of thioether (sulfide) groups is 1. The first-order valence-electron chi connectivity index (χ1n) is 7.44. The van der Waals surface area contributed by atoms with E-state index < -0.39 is 5.25 Å².